The summed E-state index contributed by atoms with van der Waals surface area (Å²) in [4.78, 5) is 15.3. The fraction of sp³-hybridized carbons (Fsp3) is 0.233. The third-order valence-electron chi connectivity index (χ3n) is 6.40. The Labute approximate surface area is 256 Å². The van der Waals surface area contributed by atoms with Gasteiger partial charge in [0.1, 0.15) is 6.29 Å². The lowest BCUT2D eigenvalue weighted by Gasteiger charge is -2.29. The van der Waals surface area contributed by atoms with E-state index < -0.39 is 23.9 Å². The zero-order valence-electron chi connectivity index (χ0n) is 23.4. The number of halogens is 2. The van der Waals surface area contributed by atoms with Crippen molar-refractivity contribution in [1.29, 1.82) is 0 Å². The van der Waals surface area contributed by atoms with Gasteiger partial charge in [0.2, 0.25) is 0 Å². The van der Waals surface area contributed by atoms with Crippen molar-refractivity contribution in [2.24, 2.45) is 0 Å². The van der Waals surface area contributed by atoms with E-state index in [9.17, 15) is 17.8 Å². The van der Waals surface area contributed by atoms with E-state index in [1.807, 2.05) is 37.3 Å². The largest absolute Gasteiger partial charge is 0.350 e. The van der Waals surface area contributed by atoms with Gasteiger partial charge in [0.15, 0.2) is 0 Å². The number of nitrogens with zero attached hydrogens (tertiary/aromatic N) is 2. The van der Waals surface area contributed by atoms with E-state index in [2.05, 4.69) is 0 Å². The van der Waals surface area contributed by atoms with Crippen LogP contribution in [-0.4, -0.2) is 40.4 Å². The number of rotatable bonds is 12. The summed E-state index contributed by atoms with van der Waals surface area (Å²) in [6.45, 7) is 5.65. The van der Waals surface area contributed by atoms with Gasteiger partial charge in [0.25, 0.3) is 15.9 Å². The van der Waals surface area contributed by atoms with Crippen LogP contribution in [0.5, 0.6) is 0 Å². The normalized spacial score (nSPS) is 11.9. The number of carbonyl (C=O) groups is 1. The molecule has 0 saturated heterocycles. The average Bonchev–Trinajstić information content (AvgIpc) is 2.96. The summed E-state index contributed by atoms with van der Waals surface area (Å²) >= 11 is 12.3. The van der Waals surface area contributed by atoms with Crippen LogP contribution in [0.2, 0.25) is 10.0 Å². The molecule has 8 nitrogen and oxygen atoms in total. The van der Waals surface area contributed by atoms with Gasteiger partial charge in [-0.15, -0.1) is 0 Å². The standard InChI is InChI=1S/C30H31Cl2N2O6PS/c1-4-33(24-12-8-7-9-13-24)30(35)28-16-10-15-27-26(28)14-11-17-29(27)34(21-41(36,39-5-2)40-6-3)42(37,38)25-19-22(31)18-23(32)20-25/h7-20H,4-6,21H2,1-3H3. The molecule has 0 atom stereocenters. The first-order valence-corrected chi connectivity index (χ1v) is 17.2. The van der Waals surface area contributed by atoms with Gasteiger partial charge in [-0.1, -0.05) is 65.7 Å². The first-order valence-electron chi connectivity index (χ1n) is 13.3. The minimum Gasteiger partial charge on any atom is -0.309 e. The van der Waals surface area contributed by atoms with E-state index in [0.717, 1.165) is 9.99 Å². The summed E-state index contributed by atoms with van der Waals surface area (Å²) in [7, 11) is -8.37. The van der Waals surface area contributed by atoms with Gasteiger partial charge >= 0.3 is 7.60 Å². The van der Waals surface area contributed by atoms with E-state index in [1.165, 1.54) is 18.2 Å². The molecule has 0 aliphatic rings. The molecule has 4 rings (SSSR count). The highest BCUT2D eigenvalue weighted by molar-refractivity contribution is 7.93. The van der Waals surface area contributed by atoms with Gasteiger partial charge in [0.05, 0.1) is 23.8 Å². The number of benzene rings is 4. The highest BCUT2D eigenvalue weighted by Gasteiger charge is 2.36. The molecule has 0 radical (unpaired) electrons. The first kappa shape index (κ1) is 32.0. The van der Waals surface area contributed by atoms with Crippen LogP contribution < -0.4 is 9.21 Å². The molecule has 0 fully saturated rings. The van der Waals surface area contributed by atoms with Crippen LogP contribution in [0, 0.1) is 0 Å². The molecule has 0 unspecified atom stereocenters. The van der Waals surface area contributed by atoms with Gasteiger partial charge in [-0.3, -0.25) is 13.7 Å². The highest BCUT2D eigenvalue weighted by Crippen LogP contribution is 2.51. The Kier molecular flexibility index (Phi) is 10.4. The van der Waals surface area contributed by atoms with E-state index >= 15 is 0 Å². The topological polar surface area (TPSA) is 93.2 Å². The Bertz CT molecular complexity index is 1710. The second-order valence-corrected chi connectivity index (χ2v) is 13.9. The number of carbonyl (C=O) groups excluding carboxylic acids is 1. The van der Waals surface area contributed by atoms with E-state index in [0.29, 0.717) is 22.9 Å². The minimum atomic E-state index is -4.42. The summed E-state index contributed by atoms with van der Waals surface area (Å²) in [5.41, 5.74) is 1.29. The number of hydrogen-bond acceptors (Lipinski definition) is 6. The van der Waals surface area contributed by atoms with Crippen molar-refractivity contribution in [2.45, 2.75) is 25.7 Å². The molecule has 0 heterocycles. The average molecular weight is 650 g/mol. The van der Waals surface area contributed by atoms with Crippen molar-refractivity contribution >= 4 is 68.9 Å². The van der Waals surface area contributed by atoms with Gasteiger partial charge in [-0.2, -0.15) is 0 Å². The van der Waals surface area contributed by atoms with E-state index in [4.69, 9.17) is 32.2 Å². The molecule has 4 aromatic rings. The molecule has 0 saturated carbocycles. The number of amides is 1. The summed E-state index contributed by atoms with van der Waals surface area (Å²) in [6, 6.07) is 23.3. The molecule has 12 heteroatoms. The lowest BCUT2D eigenvalue weighted by Crippen LogP contribution is -2.33. The monoisotopic (exact) mass is 648 g/mol. The zero-order chi connectivity index (χ0) is 30.5. The molecule has 0 N–H and O–H groups in total. The molecule has 0 bridgehead atoms. The van der Waals surface area contributed by atoms with Crippen LogP contribution in [-0.2, 0) is 23.6 Å². The van der Waals surface area contributed by atoms with Crippen molar-refractivity contribution in [3.8, 4) is 0 Å². The molecule has 0 spiro atoms. The quantitative estimate of drug-likeness (QED) is 0.144. The lowest BCUT2D eigenvalue weighted by molar-refractivity contribution is 0.0990. The Hall–Kier alpha value is -2.91. The van der Waals surface area contributed by atoms with Crippen molar-refractivity contribution in [3.63, 3.8) is 0 Å². The van der Waals surface area contributed by atoms with Crippen LogP contribution in [0.4, 0.5) is 11.4 Å². The van der Waals surface area contributed by atoms with Gasteiger partial charge < -0.3 is 13.9 Å². The Morgan fingerprint density at radius 2 is 1.40 bits per heavy atom. The smallest absolute Gasteiger partial charge is 0.309 e. The van der Waals surface area contributed by atoms with Crippen LogP contribution >= 0.6 is 30.8 Å². The summed E-state index contributed by atoms with van der Waals surface area (Å²) in [5.74, 6) is -0.253. The van der Waals surface area contributed by atoms with Crippen LogP contribution in [0.15, 0.2) is 89.8 Å². The second kappa shape index (κ2) is 13.6. The van der Waals surface area contributed by atoms with Crippen molar-refractivity contribution in [3.05, 3.63) is 101 Å². The van der Waals surface area contributed by atoms with Crippen LogP contribution in [0.3, 0.4) is 0 Å². The minimum absolute atomic E-state index is 0.0364. The summed E-state index contributed by atoms with van der Waals surface area (Å²) < 4.78 is 54.1. The van der Waals surface area contributed by atoms with Crippen molar-refractivity contribution in [1.82, 2.24) is 0 Å². The molecular formula is C30H31Cl2N2O6PS. The molecule has 42 heavy (non-hydrogen) atoms. The Morgan fingerprint density at radius 3 is 2.00 bits per heavy atom. The Morgan fingerprint density at radius 1 is 0.810 bits per heavy atom. The Balaban J connectivity index is 1.93. The van der Waals surface area contributed by atoms with Crippen LogP contribution in [0.25, 0.3) is 10.8 Å². The predicted molar refractivity (Wildman–Crippen MR) is 170 cm³/mol. The van der Waals surface area contributed by atoms with Crippen molar-refractivity contribution < 1.29 is 26.8 Å². The number of para-hydroxylation sites is 1. The third kappa shape index (κ3) is 6.83. The SMILES string of the molecule is CCOP(=O)(CN(c1cccc2c(C(=O)N(CC)c3ccccc3)cccc12)S(=O)(=O)c1cc(Cl)cc(Cl)c1)OCC. The molecule has 1 amide bonds. The fourth-order valence-corrected chi connectivity index (χ4v) is 9.05. The molecule has 4 aromatic carbocycles. The predicted octanol–water partition coefficient (Wildman–Crippen LogP) is 8.23. The summed E-state index contributed by atoms with van der Waals surface area (Å²) in [6.07, 6.45) is -0.621. The van der Waals surface area contributed by atoms with Crippen molar-refractivity contribution in [2.75, 3.05) is 35.2 Å². The highest BCUT2D eigenvalue weighted by atomic mass is 35.5. The maximum atomic E-state index is 14.2. The maximum Gasteiger partial charge on any atom is 0.350 e. The summed E-state index contributed by atoms with van der Waals surface area (Å²) in [5, 5.41) is 1.19. The van der Waals surface area contributed by atoms with Crippen LogP contribution in [0.1, 0.15) is 31.1 Å². The number of fused-ring (bicyclic) bond motifs is 1. The number of sulfonamides is 1. The van der Waals surface area contributed by atoms with Gasteiger partial charge in [0, 0.05) is 33.2 Å². The van der Waals surface area contributed by atoms with Gasteiger partial charge in [-0.25, -0.2) is 8.42 Å². The van der Waals surface area contributed by atoms with E-state index in [1.54, 1.807) is 55.1 Å². The first-order chi connectivity index (χ1) is 20.0. The molecule has 0 aliphatic carbocycles. The molecule has 0 aliphatic heterocycles. The van der Waals surface area contributed by atoms with E-state index in [-0.39, 0.29) is 39.7 Å². The number of hydrogen-bond donors (Lipinski definition) is 0. The second-order valence-electron chi connectivity index (χ2n) is 9.11. The lowest BCUT2D eigenvalue weighted by atomic mass is 10.0. The number of anilines is 2. The van der Waals surface area contributed by atoms with Gasteiger partial charge in [-0.05, 0) is 68.6 Å². The third-order valence-corrected chi connectivity index (χ3v) is 10.7. The maximum absolute atomic E-state index is 14.2. The molecule has 222 valence electrons. The molecular weight excluding hydrogens is 618 g/mol. The molecule has 0 aromatic heterocycles. The zero-order valence-corrected chi connectivity index (χ0v) is 26.6. The fourth-order valence-electron chi connectivity index (χ4n) is 4.65.